The first-order valence-electron chi connectivity index (χ1n) is 4.28. The fourth-order valence-corrected chi connectivity index (χ4v) is 1.73. The molecule has 0 aromatic carbocycles. The van der Waals surface area contributed by atoms with E-state index in [4.69, 9.17) is 0 Å². The Kier molecular flexibility index (Phi) is 1.90. The summed E-state index contributed by atoms with van der Waals surface area (Å²) in [4.78, 5) is 15.0. The monoisotopic (exact) mass is 161 g/mol. The molecule has 1 aromatic rings. The van der Waals surface area contributed by atoms with Crippen LogP contribution >= 0.6 is 0 Å². The molecule has 2 rings (SSSR count). The van der Waals surface area contributed by atoms with E-state index in [0.717, 1.165) is 19.3 Å². The van der Waals surface area contributed by atoms with E-state index in [0.29, 0.717) is 11.7 Å². The number of Topliss-reactive ketones (excluding diaryl/α,β-unsaturated/α-hetero) is 1. The minimum Gasteiger partial charge on any atom is -0.300 e. The van der Waals surface area contributed by atoms with E-state index >= 15 is 0 Å². The minimum absolute atomic E-state index is 0.400. The van der Waals surface area contributed by atoms with Gasteiger partial charge in [0.25, 0.3) is 0 Å². The molecule has 0 N–H and O–H groups in total. The second kappa shape index (κ2) is 3.05. The predicted octanol–water partition coefficient (Wildman–Crippen LogP) is 1.92. The fourth-order valence-electron chi connectivity index (χ4n) is 1.73. The quantitative estimate of drug-likeness (QED) is 0.629. The molecule has 1 aromatic heterocycles. The standard InChI is InChI=1S/C10H11NO/c12-10-2-1-9(7-10)8-3-5-11-6-4-8/h3-6,9H,1-2,7H2. The smallest absolute Gasteiger partial charge is 0.133 e. The van der Waals surface area contributed by atoms with Gasteiger partial charge in [0.15, 0.2) is 0 Å². The van der Waals surface area contributed by atoms with Crippen LogP contribution in [0.5, 0.6) is 0 Å². The summed E-state index contributed by atoms with van der Waals surface area (Å²) < 4.78 is 0. The van der Waals surface area contributed by atoms with Crippen LogP contribution in [0.2, 0.25) is 0 Å². The zero-order chi connectivity index (χ0) is 8.39. The topological polar surface area (TPSA) is 30.0 Å². The lowest BCUT2D eigenvalue weighted by Crippen LogP contribution is -1.93. The van der Waals surface area contributed by atoms with E-state index in [2.05, 4.69) is 4.98 Å². The molecular weight excluding hydrogens is 150 g/mol. The molecule has 2 heteroatoms. The summed E-state index contributed by atoms with van der Waals surface area (Å²) in [6.45, 7) is 0. The third-order valence-electron chi connectivity index (χ3n) is 2.42. The summed E-state index contributed by atoms with van der Waals surface area (Å²) in [6, 6.07) is 4.01. The van der Waals surface area contributed by atoms with E-state index in [-0.39, 0.29) is 0 Å². The van der Waals surface area contributed by atoms with Crippen molar-refractivity contribution in [2.24, 2.45) is 0 Å². The Morgan fingerprint density at radius 1 is 1.33 bits per heavy atom. The lowest BCUT2D eigenvalue weighted by Gasteiger charge is -2.06. The molecule has 0 aliphatic heterocycles. The van der Waals surface area contributed by atoms with Gasteiger partial charge in [-0.05, 0) is 30.0 Å². The summed E-state index contributed by atoms with van der Waals surface area (Å²) in [5, 5.41) is 0. The molecule has 12 heavy (non-hydrogen) atoms. The van der Waals surface area contributed by atoms with Gasteiger partial charge in [0.05, 0.1) is 0 Å². The molecular formula is C10H11NO. The molecule has 1 heterocycles. The number of carbonyl (C=O) groups excluding carboxylic acids is 1. The lowest BCUT2D eigenvalue weighted by atomic mass is 9.99. The van der Waals surface area contributed by atoms with Gasteiger partial charge < -0.3 is 0 Å². The Balaban J connectivity index is 2.16. The van der Waals surface area contributed by atoms with Crippen molar-refractivity contribution in [1.29, 1.82) is 0 Å². The normalized spacial score (nSPS) is 23.0. The summed E-state index contributed by atoms with van der Waals surface area (Å²) in [7, 11) is 0. The Hall–Kier alpha value is -1.18. The maximum absolute atomic E-state index is 11.0. The first-order valence-corrected chi connectivity index (χ1v) is 4.28. The average Bonchev–Trinajstić information content (AvgIpc) is 2.54. The summed E-state index contributed by atoms with van der Waals surface area (Å²) in [5.74, 6) is 0.859. The van der Waals surface area contributed by atoms with Crippen molar-refractivity contribution in [3.05, 3.63) is 30.1 Å². The molecule has 1 aliphatic rings. The van der Waals surface area contributed by atoms with Crippen LogP contribution in [0.3, 0.4) is 0 Å². The highest BCUT2D eigenvalue weighted by Crippen LogP contribution is 2.31. The van der Waals surface area contributed by atoms with Crippen molar-refractivity contribution in [2.75, 3.05) is 0 Å². The first-order chi connectivity index (χ1) is 5.86. The van der Waals surface area contributed by atoms with Crippen LogP contribution < -0.4 is 0 Å². The lowest BCUT2D eigenvalue weighted by molar-refractivity contribution is -0.117. The molecule has 62 valence electrons. The van der Waals surface area contributed by atoms with Crippen molar-refractivity contribution in [3.63, 3.8) is 0 Å². The van der Waals surface area contributed by atoms with E-state index in [1.54, 1.807) is 12.4 Å². The highest BCUT2D eigenvalue weighted by atomic mass is 16.1. The van der Waals surface area contributed by atoms with Gasteiger partial charge >= 0.3 is 0 Å². The van der Waals surface area contributed by atoms with Crippen molar-refractivity contribution in [2.45, 2.75) is 25.2 Å². The molecule has 0 radical (unpaired) electrons. The number of hydrogen-bond donors (Lipinski definition) is 0. The van der Waals surface area contributed by atoms with Gasteiger partial charge in [-0.25, -0.2) is 0 Å². The molecule has 2 nitrogen and oxygen atoms in total. The maximum atomic E-state index is 11.0. The van der Waals surface area contributed by atoms with Gasteiger partial charge in [0.1, 0.15) is 5.78 Å². The van der Waals surface area contributed by atoms with Crippen molar-refractivity contribution in [3.8, 4) is 0 Å². The van der Waals surface area contributed by atoms with Gasteiger partial charge in [-0.1, -0.05) is 0 Å². The van der Waals surface area contributed by atoms with E-state index in [9.17, 15) is 4.79 Å². The summed E-state index contributed by atoms with van der Waals surface area (Å²) in [6.07, 6.45) is 6.08. The van der Waals surface area contributed by atoms with Crippen molar-refractivity contribution in [1.82, 2.24) is 4.98 Å². The summed E-state index contributed by atoms with van der Waals surface area (Å²) >= 11 is 0. The molecule has 0 amide bonds. The van der Waals surface area contributed by atoms with E-state index in [1.165, 1.54) is 5.56 Å². The Labute approximate surface area is 71.6 Å². The SMILES string of the molecule is O=C1CCC(c2ccncc2)C1. The zero-order valence-corrected chi connectivity index (χ0v) is 6.86. The van der Waals surface area contributed by atoms with Crippen molar-refractivity contribution < 1.29 is 4.79 Å². The number of pyridine rings is 1. The van der Waals surface area contributed by atoms with E-state index < -0.39 is 0 Å². The number of ketones is 1. The number of aromatic nitrogens is 1. The molecule has 0 spiro atoms. The molecule has 1 unspecified atom stereocenters. The van der Waals surface area contributed by atoms with Crippen LogP contribution in [0.1, 0.15) is 30.7 Å². The van der Waals surface area contributed by atoms with Gasteiger partial charge in [-0.2, -0.15) is 0 Å². The highest BCUT2D eigenvalue weighted by Gasteiger charge is 2.22. The predicted molar refractivity (Wildman–Crippen MR) is 45.8 cm³/mol. The molecule has 1 atom stereocenters. The molecule has 0 bridgehead atoms. The van der Waals surface area contributed by atoms with E-state index in [1.807, 2.05) is 12.1 Å². The fraction of sp³-hybridized carbons (Fsp3) is 0.400. The van der Waals surface area contributed by atoms with Crippen molar-refractivity contribution >= 4 is 5.78 Å². The second-order valence-corrected chi connectivity index (χ2v) is 3.26. The van der Waals surface area contributed by atoms with Crippen LogP contribution in [0, 0.1) is 0 Å². The van der Waals surface area contributed by atoms with Crippen LogP contribution in [-0.4, -0.2) is 10.8 Å². The van der Waals surface area contributed by atoms with Gasteiger partial charge in [0.2, 0.25) is 0 Å². The number of rotatable bonds is 1. The maximum Gasteiger partial charge on any atom is 0.133 e. The van der Waals surface area contributed by atoms with Crippen LogP contribution in [0.15, 0.2) is 24.5 Å². The molecule has 1 saturated carbocycles. The Bertz CT molecular complexity index is 281. The minimum atomic E-state index is 0.400. The second-order valence-electron chi connectivity index (χ2n) is 3.26. The third kappa shape index (κ3) is 1.37. The number of carbonyl (C=O) groups is 1. The average molecular weight is 161 g/mol. The largest absolute Gasteiger partial charge is 0.300 e. The Morgan fingerprint density at radius 3 is 2.67 bits per heavy atom. The van der Waals surface area contributed by atoms with Gasteiger partial charge in [-0.15, -0.1) is 0 Å². The van der Waals surface area contributed by atoms with Crippen LogP contribution in [0.4, 0.5) is 0 Å². The number of nitrogens with zero attached hydrogens (tertiary/aromatic N) is 1. The molecule has 1 aliphatic carbocycles. The van der Waals surface area contributed by atoms with Gasteiger partial charge in [0, 0.05) is 25.2 Å². The molecule has 0 saturated heterocycles. The molecule has 1 fully saturated rings. The number of hydrogen-bond acceptors (Lipinski definition) is 2. The van der Waals surface area contributed by atoms with Gasteiger partial charge in [-0.3, -0.25) is 9.78 Å². The summed E-state index contributed by atoms with van der Waals surface area (Å²) in [5.41, 5.74) is 1.26. The first kappa shape index (κ1) is 7.47. The van der Waals surface area contributed by atoms with Crippen LogP contribution in [0.25, 0.3) is 0 Å². The third-order valence-corrected chi connectivity index (χ3v) is 2.42. The Morgan fingerprint density at radius 2 is 2.08 bits per heavy atom. The highest BCUT2D eigenvalue weighted by molar-refractivity contribution is 5.81. The van der Waals surface area contributed by atoms with Crippen LogP contribution in [-0.2, 0) is 4.79 Å². The zero-order valence-electron chi connectivity index (χ0n) is 6.86.